The van der Waals surface area contributed by atoms with Crippen molar-refractivity contribution in [3.05, 3.63) is 46.7 Å². The van der Waals surface area contributed by atoms with Gasteiger partial charge in [0.25, 0.3) is 0 Å². The summed E-state index contributed by atoms with van der Waals surface area (Å²) in [6, 6.07) is 9.87. The fourth-order valence-corrected chi connectivity index (χ4v) is 1.92. The predicted octanol–water partition coefficient (Wildman–Crippen LogP) is 4.36. The number of anilines is 1. The summed E-state index contributed by atoms with van der Waals surface area (Å²) < 4.78 is 24.9. The van der Waals surface area contributed by atoms with E-state index in [0.717, 1.165) is 0 Å². The van der Waals surface area contributed by atoms with E-state index in [0.29, 0.717) is 28.3 Å². The van der Waals surface area contributed by atoms with Gasteiger partial charge in [-0.25, -0.2) is 4.39 Å². The first kappa shape index (κ1) is 13.7. The molecule has 100 valence electrons. The smallest absolute Gasteiger partial charge is 0.169 e. The fourth-order valence-electron chi connectivity index (χ4n) is 1.56. The molecule has 0 atom stereocenters. The van der Waals surface area contributed by atoms with Gasteiger partial charge >= 0.3 is 0 Å². The van der Waals surface area contributed by atoms with Gasteiger partial charge in [0, 0.05) is 6.07 Å². The lowest BCUT2D eigenvalue weighted by Crippen LogP contribution is -1.97. The van der Waals surface area contributed by atoms with Crippen molar-refractivity contribution in [3.8, 4) is 17.2 Å². The number of para-hydroxylation sites is 2. The Morgan fingerprint density at radius 2 is 1.84 bits per heavy atom. The Balaban J connectivity index is 2.33. The first-order chi connectivity index (χ1) is 9.11. The van der Waals surface area contributed by atoms with Gasteiger partial charge in [0.05, 0.1) is 16.8 Å². The SMILES string of the molecule is CCOc1ccccc1Oc1cc(F)c(Br)cc1N. The third-order valence-electron chi connectivity index (χ3n) is 2.42. The highest BCUT2D eigenvalue weighted by molar-refractivity contribution is 9.10. The van der Waals surface area contributed by atoms with Crippen LogP contribution in [0.25, 0.3) is 0 Å². The van der Waals surface area contributed by atoms with E-state index in [-0.39, 0.29) is 5.75 Å². The number of hydrogen-bond acceptors (Lipinski definition) is 3. The zero-order valence-electron chi connectivity index (χ0n) is 10.3. The molecular formula is C14H13BrFNO2. The molecule has 0 aromatic heterocycles. The maximum Gasteiger partial charge on any atom is 0.169 e. The average Bonchev–Trinajstić information content (AvgIpc) is 2.38. The summed E-state index contributed by atoms with van der Waals surface area (Å²) in [4.78, 5) is 0. The van der Waals surface area contributed by atoms with Crippen LogP contribution in [0.4, 0.5) is 10.1 Å². The van der Waals surface area contributed by atoms with Crippen molar-refractivity contribution in [2.24, 2.45) is 0 Å². The van der Waals surface area contributed by atoms with Crippen molar-refractivity contribution in [1.82, 2.24) is 0 Å². The Hall–Kier alpha value is -1.75. The molecule has 0 radical (unpaired) electrons. The number of nitrogen functional groups attached to an aromatic ring is 1. The second-order valence-electron chi connectivity index (χ2n) is 3.79. The van der Waals surface area contributed by atoms with Gasteiger partial charge in [-0.15, -0.1) is 0 Å². The van der Waals surface area contributed by atoms with Crippen LogP contribution in [-0.2, 0) is 0 Å². The lowest BCUT2D eigenvalue weighted by Gasteiger charge is -2.13. The van der Waals surface area contributed by atoms with E-state index in [9.17, 15) is 4.39 Å². The van der Waals surface area contributed by atoms with Gasteiger partial charge in [-0.1, -0.05) is 12.1 Å². The van der Waals surface area contributed by atoms with Crippen LogP contribution in [0.15, 0.2) is 40.9 Å². The van der Waals surface area contributed by atoms with Crippen LogP contribution in [0.5, 0.6) is 17.2 Å². The third kappa shape index (κ3) is 3.17. The van der Waals surface area contributed by atoms with Crippen LogP contribution in [0, 0.1) is 5.82 Å². The molecule has 0 saturated carbocycles. The van der Waals surface area contributed by atoms with Crippen LogP contribution in [-0.4, -0.2) is 6.61 Å². The van der Waals surface area contributed by atoms with Crippen molar-refractivity contribution >= 4 is 21.6 Å². The van der Waals surface area contributed by atoms with E-state index in [2.05, 4.69) is 15.9 Å². The summed E-state index contributed by atoms with van der Waals surface area (Å²) in [6.07, 6.45) is 0. The van der Waals surface area contributed by atoms with E-state index in [1.54, 1.807) is 12.1 Å². The Bertz CT molecular complexity index is 590. The number of rotatable bonds is 4. The highest BCUT2D eigenvalue weighted by Gasteiger charge is 2.10. The minimum atomic E-state index is -0.432. The zero-order valence-corrected chi connectivity index (χ0v) is 11.9. The highest BCUT2D eigenvalue weighted by Crippen LogP contribution is 2.36. The Morgan fingerprint density at radius 1 is 1.16 bits per heavy atom. The lowest BCUT2D eigenvalue weighted by atomic mass is 10.2. The minimum Gasteiger partial charge on any atom is -0.490 e. The van der Waals surface area contributed by atoms with Crippen LogP contribution in [0.3, 0.4) is 0 Å². The molecule has 0 aliphatic heterocycles. The summed E-state index contributed by atoms with van der Waals surface area (Å²) in [7, 11) is 0. The zero-order chi connectivity index (χ0) is 13.8. The largest absolute Gasteiger partial charge is 0.490 e. The quantitative estimate of drug-likeness (QED) is 0.849. The Morgan fingerprint density at radius 3 is 2.53 bits per heavy atom. The molecule has 0 spiro atoms. The molecule has 0 fully saturated rings. The van der Waals surface area contributed by atoms with E-state index in [1.165, 1.54) is 12.1 Å². The molecule has 5 heteroatoms. The molecule has 2 N–H and O–H groups in total. The molecule has 0 saturated heterocycles. The van der Waals surface area contributed by atoms with Crippen molar-refractivity contribution < 1.29 is 13.9 Å². The van der Waals surface area contributed by atoms with Crippen LogP contribution >= 0.6 is 15.9 Å². The number of nitrogens with two attached hydrogens (primary N) is 1. The van der Waals surface area contributed by atoms with Crippen LogP contribution in [0.1, 0.15) is 6.92 Å². The predicted molar refractivity (Wildman–Crippen MR) is 76.2 cm³/mol. The maximum atomic E-state index is 13.5. The Kier molecular flexibility index (Phi) is 4.27. The van der Waals surface area contributed by atoms with E-state index < -0.39 is 5.82 Å². The molecule has 2 aromatic rings. The first-order valence-electron chi connectivity index (χ1n) is 5.76. The van der Waals surface area contributed by atoms with Gasteiger partial charge in [-0.2, -0.15) is 0 Å². The third-order valence-corrected chi connectivity index (χ3v) is 3.03. The standard InChI is InChI=1S/C14H13BrFNO2/c1-2-18-12-5-3-4-6-13(12)19-14-8-10(16)9(15)7-11(14)17/h3-8H,2,17H2,1H3. The monoisotopic (exact) mass is 325 g/mol. The molecule has 0 heterocycles. The van der Waals surface area contributed by atoms with Gasteiger partial charge < -0.3 is 15.2 Å². The summed E-state index contributed by atoms with van der Waals surface area (Å²) in [6.45, 7) is 2.40. The van der Waals surface area contributed by atoms with Crippen molar-refractivity contribution in [2.75, 3.05) is 12.3 Å². The molecule has 2 rings (SSSR count). The molecule has 2 aromatic carbocycles. The highest BCUT2D eigenvalue weighted by atomic mass is 79.9. The maximum absolute atomic E-state index is 13.5. The van der Waals surface area contributed by atoms with Crippen LogP contribution < -0.4 is 15.2 Å². The number of benzene rings is 2. The molecule has 0 aliphatic carbocycles. The second kappa shape index (κ2) is 5.93. The van der Waals surface area contributed by atoms with Crippen LogP contribution in [0.2, 0.25) is 0 Å². The van der Waals surface area contributed by atoms with Gasteiger partial charge in [0.1, 0.15) is 5.82 Å². The van der Waals surface area contributed by atoms with Gasteiger partial charge in [0.15, 0.2) is 17.2 Å². The number of ether oxygens (including phenoxy) is 2. The van der Waals surface area contributed by atoms with Crippen molar-refractivity contribution in [2.45, 2.75) is 6.92 Å². The summed E-state index contributed by atoms with van der Waals surface area (Å²) >= 11 is 3.07. The fraction of sp³-hybridized carbons (Fsp3) is 0.143. The normalized spacial score (nSPS) is 10.3. The summed E-state index contributed by atoms with van der Waals surface area (Å²) in [5, 5.41) is 0. The minimum absolute atomic E-state index is 0.257. The van der Waals surface area contributed by atoms with Gasteiger partial charge in [-0.3, -0.25) is 0 Å². The van der Waals surface area contributed by atoms with Gasteiger partial charge in [-0.05, 0) is 41.1 Å². The van der Waals surface area contributed by atoms with E-state index >= 15 is 0 Å². The average molecular weight is 326 g/mol. The topological polar surface area (TPSA) is 44.5 Å². The first-order valence-corrected chi connectivity index (χ1v) is 6.55. The molecule has 19 heavy (non-hydrogen) atoms. The van der Waals surface area contributed by atoms with E-state index in [1.807, 2.05) is 19.1 Å². The molecule has 0 amide bonds. The Labute approximate surface area is 119 Å². The van der Waals surface area contributed by atoms with E-state index in [4.69, 9.17) is 15.2 Å². The summed E-state index contributed by atoms with van der Waals surface area (Å²) in [5.41, 5.74) is 6.15. The number of hydrogen-bond donors (Lipinski definition) is 1. The molecule has 0 bridgehead atoms. The van der Waals surface area contributed by atoms with Crippen molar-refractivity contribution in [1.29, 1.82) is 0 Å². The molecule has 0 aliphatic rings. The lowest BCUT2D eigenvalue weighted by molar-refractivity contribution is 0.321. The second-order valence-corrected chi connectivity index (χ2v) is 4.64. The molecule has 0 unspecified atom stereocenters. The summed E-state index contributed by atoms with van der Waals surface area (Å²) in [5.74, 6) is 0.913. The molecule has 3 nitrogen and oxygen atoms in total. The van der Waals surface area contributed by atoms with Crippen molar-refractivity contribution in [3.63, 3.8) is 0 Å². The molecular weight excluding hydrogens is 313 g/mol. The van der Waals surface area contributed by atoms with Gasteiger partial charge in [0.2, 0.25) is 0 Å². The number of halogens is 2.